The minimum atomic E-state index is -0.388. The normalized spacial score (nSPS) is 12.3. The van der Waals surface area contributed by atoms with Crippen molar-refractivity contribution in [1.82, 2.24) is 0 Å². The number of aliphatic hydroxyl groups excluding tert-OH is 2. The third-order valence-electron chi connectivity index (χ3n) is 8.52. The lowest BCUT2D eigenvalue weighted by Crippen LogP contribution is -2.18. The molecule has 1 atom stereocenters. The van der Waals surface area contributed by atoms with Crippen LogP contribution in [-0.2, 0) is 66.3 Å². The number of aliphatic hydroxyl groups is 2. The van der Waals surface area contributed by atoms with E-state index in [1.54, 1.807) is 0 Å². The first kappa shape index (κ1) is 58.4. The second-order valence-electron chi connectivity index (χ2n) is 13.7. The van der Waals surface area contributed by atoms with Gasteiger partial charge in [-0.1, -0.05) is 77.6 Å². The van der Waals surface area contributed by atoms with Crippen LogP contribution in [0.15, 0.2) is 0 Å². The minimum Gasteiger partial charge on any atom is -0.394 e. The quantitative estimate of drug-likeness (QED) is 0.0831. The zero-order valence-corrected chi connectivity index (χ0v) is 37.2. The molecular formula is C43H88O16. The molecule has 0 bridgehead atoms. The van der Waals surface area contributed by atoms with Crippen LogP contribution in [-0.4, -0.2) is 208 Å². The maximum Gasteiger partial charge on any atom is 0.0773 e. The van der Waals surface area contributed by atoms with Crippen LogP contribution < -0.4 is 0 Å². The highest BCUT2D eigenvalue weighted by molar-refractivity contribution is 4.55. The summed E-state index contributed by atoms with van der Waals surface area (Å²) in [6.07, 6.45) is 14.8. The van der Waals surface area contributed by atoms with Gasteiger partial charge in [0.25, 0.3) is 0 Å². The molecule has 0 aliphatic rings. The molecule has 0 saturated heterocycles. The second-order valence-corrected chi connectivity index (χ2v) is 13.7. The lowest BCUT2D eigenvalue weighted by molar-refractivity contribution is -0.0309. The highest BCUT2D eigenvalue weighted by Gasteiger charge is 2.04. The summed E-state index contributed by atoms with van der Waals surface area (Å²) >= 11 is 0. The van der Waals surface area contributed by atoms with Crippen LogP contribution in [0.3, 0.4) is 0 Å². The molecule has 0 radical (unpaired) electrons. The number of hydrogen-bond acceptors (Lipinski definition) is 16. The Bertz CT molecular complexity index is 729. The second kappa shape index (κ2) is 55.4. The molecule has 0 spiro atoms. The summed E-state index contributed by atoms with van der Waals surface area (Å²) < 4.78 is 76.4. The van der Waals surface area contributed by atoms with E-state index in [0.29, 0.717) is 185 Å². The van der Waals surface area contributed by atoms with Gasteiger partial charge in [-0.2, -0.15) is 0 Å². The molecule has 0 amide bonds. The van der Waals surface area contributed by atoms with Crippen LogP contribution >= 0.6 is 0 Å². The predicted octanol–water partition coefficient (Wildman–Crippen LogP) is 4.27. The largest absolute Gasteiger partial charge is 0.394 e. The zero-order valence-electron chi connectivity index (χ0n) is 37.2. The van der Waals surface area contributed by atoms with E-state index in [9.17, 15) is 5.11 Å². The average Bonchev–Trinajstić information content (AvgIpc) is 3.24. The summed E-state index contributed by atoms with van der Waals surface area (Å²) in [5, 5.41) is 18.7. The van der Waals surface area contributed by atoms with Gasteiger partial charge in [-0.25, -0.2) is 0 Å². The van der Waals surface area contributed by atoms with E-state index in [2.05, 4.69) is 6.92 Å². The van der Waals surface area contributed by atoms with Gasteiger partial charge < -0.3 is 76.5 Å². The molecule has 0 fully saturated rings. The summed E-state index contributed by atoms with van der Waals surface area (Å²) in [7, 11) is 0. The molecule has 0 heterocycles. The summed E-state index contributed by atoms with van der Waals surface area (Å²) in [4.78, 5) is 0. The van der Waals surface area contributed by atoms with Gasteiger partial charge in [0.15, 0.2) is 0 Å². The first-order valence-electron chi connectivity index (χ1n) is 22.7. The fraction of sp³-hybridized carbons (Fsp3) is 1.00. The molecule has 0 aromatic rings. The van der Waals surface area contributed by atoms with E-state index >= 15 is 0 Å². The average molecular weight is 861 g/mol. The molecule has 0 aromatic heterocycles. The van der Waals surface area contributed by atoms with Crippen molar-refractivity contribution in [3.05, 3.63) is 0 Å². The Kier molecular flexibility index (Phi) is 54.8. The van der Waals surface area contributed by atoms with Gasteiger partial charge in [0, 0.05) is 0 Å². The van der Waals surface area contributed by atoms with E-state index in [4.69, 9.17) is 71.4 Å². The van der Waals surface area contributed by atoms with E-state index < -0.39 is 0 Å². The van der Waals surface area contributed by atoms with Gasteiger partial charge in [0.1, 0.15) is 0 Å². The maximum atomic E-state index is 10.1. The van der Waals surface area contributed by atoms with Gasteiger partial charge in [-0.3, -0.25) is 0 Å². The lowest BCUT2D eigenvalue weighted by atomic mass is 10.0. The summed E-state index contributed by atoms with van der Waals surface area (Å²) in [6, 6.07) is 0. The molecular weight excluding hydrogens is 772 g/mol. The SMILES string of the molecule is CCCCCCCCCCCCCC(O)COCCOCCOCCOCCOCCOCCOCCOCCOCCOCCOCCOCCOCCOCCO. The van der Waals surface area contributed by atoms with Crippen molar-refractivity contribution in [3.8, 4) is 0 Å². The Morgan fingerprint density at radius 1 is 0.271 bits per heavy atom. The Hall–Kier alpha value is -0.640. The molecule has 59 heavy (non-hydrogen) atoms. The first-order chi connectivity index (χ1) is 29.3. The van der Waals surface area contributed by atoms with Crippen molar-refractivity contribution in [1.29, 1.82) is 0 Å². The Morgan fingerprint density at radius 2 is 0.475 bits per heavy atom. The third-order valence-corrected chi connectivity index (χ3v) is 8.52. The summed E-state index contributed by atoms with van der Waals surface area (Å²) in [5.41, 5.74) is 0. The van der Waals surface area contributed by atoms with Gasteiger partial charge in [-0.15, -0.1) is 0 Å². The topological polar surface area (TPSA) is 170 Å². The van der Waals surface area contributed by atoms with E-state index in [-0.39, 0.29) is 12.7 Å². The fourth-order valence-corrected chi connectivity index (χ4v) is 5.27. The Balaban J connectivity index is 3.11. The van der Waals surface area contributed by atoms with E-state index in [1.807, 2.05) is 0 Å². The minimum absolute atomic E-state index is 0.0225. The van der Waals surface area contributed by atoms with Crippen molar-refractivity contribution in [3.63, 3.8) is 0 Å². The lowest BCUT2D eigenvalue weighted by Gasteiger charge is -2.11. The number of rotatable bonds is 55. The number of ether oxygens (including phenoxy) is 14. The van der Waals surface area contributed by atoms with Crippen molar-refractivity contribution in [2.24, 2.45) is 0 Å². The van der Waals surface area contributed by atoms with Crippen LogP contribution in [0.5, 0.6) is 0 Å². The zero-order chi connectivity index (χ0) is 42.5. The molecule has 0 aliphatic heterocycles. The molecule has 1 unspecified atom stereocenters. The van der Waals surface area contributed by atoms with E-state index in [1.165, 1.54) is 64.2 Å². The van der Waals surface area contributed by atoms with Gasteiger partial charge in [-0.05, 0) is 6.42 Å². The molecule has 16 heteroatoms. The maximum absolute atomic E-state index is 10.1. The standard InChI is InChI=1S/C43H88O16/c1-2-3-4-5-6-7-8-9-10-11-12-13-43(45)42-59-41-40-58-39-38-57-37-36-56-35-34-55-33-32-54-31-30-53-29-28-52-27-26-51-25-24-50-23-22-49-21-20-48-19-18-47-17-16-46-15-14-44/h43-45H,2-42H2,1H3. The van der Waals surface area contributed by atoms with Crippen LogP contribution in [0.25, 0.3) is 0 Å². The van der Waals surface area contributed by atoms with Crippen LogP contribution in [0.4, 0.5) is 0 Å². The Morgan fingerprint density at radius 3 is 0.712 bits per heavy atom. The third kappa shape index (κ3) is 55.3. The molecule has 0 aliphatic carbocycles. The van der Waals surface area contributed by atoms with Crippen molar-refractivity contribution in [2.75, 3.05) is 192 Å². The molecule has 0 aromatic carbocycles. The highest BCUT2D eigenvalue weighted by atomic mass is 16.6. The van der Waals surface area contributed by atoms with Crippen LogP contribution in [0.1, 0.15) is 84.0 Å². The number of hydrogen-bond donors (Lipinski definition) is 2. The monoisotopic (exact) mass is 861 g/mol. The van der Waals surface area contributed by atoms with Crippen molar-refractivity contribution >= 4 is 0 Å². The van der Waals surface area contributed by atoms with Gasteiger partial charge >= 0.3 is 0 Å². The summed E-state index contributed by atoms with van der Waals surface area (Å²) in [5.74, 6) is 0. The first-order valence-corrected chi connectivity index (χ1v) is 22.7. The predicted molar refractivity (Wildman–Crippen MR) is 226 cm³/mol. The highest BCUT2D eigenvalue weighted by Crippen LogP contribution is 2.12. The van der Waals surface area contributed by atoms with E-state index in [0.717, 1.165) is 12.8 Å². The molecule has 2 N–H and O–H groups in total. The Labute approximate surface area is 357 Å². The van der Waals surface area contributed by atoms with Crippen molar-refractivity contribution < 1.29 is 76.5 Å². The van der Waals surface area contributed by atoms with Crippen LogP contribution in [0.2, 0.25) is 0 Å². The molecule has 0 rings (SSSR count). The van der Waals surface area contributed by atoms with Gasteiger partial charge in [0.2, 0.25) is 0 Å². The van der Waals surface area contributed by atoms with Gasteiger partial charge in [0.05, 0.1) is 198 Å². The summed E-state index contributed by atoms with van der Waals surface area (Å²) in [6.45, 7) is 15.9. The van der Waals surface area contributed by atoms with Crippen molar-refractivity contribution in [2.45, 2.75) is 90.1 Å². The molecule has 16 nitrogen and oxygen atoms in total. The van der Waals surface area contributed by atoms with Crippen LogP contribution in [0, 0.1) is 0 Å². The molecule has 0 saturated carbocycles. The number of unbranched alkanes of at least 4 members (excludes halogenated alkanes) is 10. The smallest absolute Gasteiger partial charge is 0.0773 e. The molecule has 356 valence electrons. The fourth-order valence-electron chi connectivity index (χ4n) is 5.27.